The van der Waals surface area contributed by atoms with Crippen molar-refractivity contribution in [2.75, 3.05) is 0 Å². The molecule has 0 spiro atoms. The average Bonchev–Trinajstić information content (AvgIpc) is 2.97. The van der Waals surface area contributed by atoms with Gasteiger partial charge in [-0.1, -0.05) is 42.5 Å². The van der Waals surface area contributed by atoms with E-state index in [1.807, 2.05) is 30.3 Å². The largest absolute Gasteiger partial charge is 0.386 e. The van der Waals surface area contributed by atoms with Crippen LogP contribution < -0.4 is 0 Å². The van der Waals surface area contributed by atoms with Gasteiger partial charge in [0.15, 0.2) is 0 Å². The van der Waals surface area contributed by atoms with Crippen LogP contribution in [0, 0.1) is 5.82 Å². The second-order valence-electron chi connectivity index (χ2n) is 4.60. The molecule has 106 valence electrons. The molecule has 1 unspecified atom stereocenters. The molecule has 6 heteroatoms. The van der Waals surface area contributed by atoms with Gasteiger partial charge in [0, 0.05) is 5.56 Å². The molecule has 0 amide bonds. The first-order valence-electron chi connectivity index (χ1n) is 6.49. The molecule has 3 rings (SSSR count). The van der Waals surface area contributed by atoms with Gasteiger partial charge in [0.25, 0.3) is 0 Å². The van der Waals surface area contributed by atoms with Crippen molar-refractivity contribution in [1.29, 1.82) is 0 Å². The van der Waals surface area contributed by atoms with E-state index < -0.39 is 6.10 Å². The van der Waals surface area contributed by atoms with Crippen LogP contribution in [0.5, 0.6) is 0 Å². The number of hydrogen-bond donors (Lipinski definition) is 1. The second-order valence-corrected chi connectivity index (χ2v) is 4.60. The Balaban J connectivity index is 1.75. The Hall–Kier alpha value is -2.60. The lowest BCUT2D eigenvalue weighted by Crippen LogP contribution is -2.11. The van der Waals surface area contributed by atoms with Crippen molar-refractivity contribution < 1.29 is 9.50 Å². The monoisotopic (exact) mass is 284 g/mol. The minimum Gasteiger partial charge on any atom is -0.386 e. The van der Waals surface area contributed by atoms with E-state index in [1.165, 1.54) is 16.9 Å². The quantitative estimate of drug-likeness (QED) is 0.798. The van der Waals surface area contributed by atoms with Gasteiger partial charge < -0.3 is 5.11 Å². The third-order valence-electron chi connectivity index (χ3n) is 3.05. The molecule has 1 aromatic heterocycles. The summed E-state index contributed by atoms with van der Waals surface area (Å²) in [7, 11) is 0. The van der Waals surface area contributed by atoms with E-state index in [4.69, 9.17) is 0 Å². The fourth-order valence-electron chi connectivity index (χ4n) is 2.00. The SMILES string of the molecule is OC(Cn1nnc(-c2ccccc2)n1)c1cccc(F)c1. The lowest BCUT2D eigenvalue weighted by atomic mass is 10.1. The Morgan fingerprint density at radius 1 is 1.10 bits per heavy atom. The normalized spacial score (nSPS) is 12.3. The van der Waals surface area contributed by atoms with Gasteiger partial charge in [-0.05, 0) is 22.9 Å². The number of tetrazole rings is 1. The Labute approximate surface area is 120 Å². The minimum absolute atomic E-state index is 0.114. The second kappa shape index (κ2) is 5.80. The first-order chi connectivity index (χ1) is 10.2. The molecule has 5 nitrogen and oxygen atoms in total. The van der Waals surface area contributed by atoms with Gasteiger partial charge in [-0.3, -0.25) is 0 Å². The highest BCUT2D eigenvalue weighted by atomic mass is 19.1. The molecule has 1 atom stereocenters. The predicted octanol–water partition coefficient (Wildman–Crippen LogP) is 2.21. The Kier molecular flexibility index (Phi) is 3.70. The number of benzene rings is 2. The maximum atomic E-state index is 13.1. The third kappa shape index (κ3) is 3.11. The predicted molar refractivity (Wildman–Crippen MR) is 74.6 cm³/mol. The van der Waals surface area contributed by atoms with Crippen LogP contribution in [0.2, 0.25) is 0 Å². The molecule has 0 aliphatic heterocycles. The summed E-state index contributed by atoms with van der Waals surface area (Å²) in [6.07, 6.45) is -0.890. The van der Waals surface area contributed by atoms with E-state index in [0.717, 1.165) is 5.56 Å². The molecule has 0 radical (unpaired) electrons. The summed E-state index contributed by atoms with van der Waals surface area (Å²) >= 11 is 0. The van der Waals surface area contributed by atoms with Crippen LogP contribution in [-0.2, 0) is 6.54 Å². The van der Waals surface area contributed by atoms with E-state index in [-0.39, 0.29) is 12.4 Å². The van der Waals surface area contributed by atoms with Gasteiger partial charge in [0.05, 0.1) is 6.54 Å². The summed E-state index contributed by atoms with van der Waals surface area (Å²) in [5.74, 6) is 0.102. The van der Waals surface area contributed by atoms with Crippen molar-refractivity contribution >= 4 is 0 Å². The summed E-state index contributed by atoms with van der Waals surface area (Å²) in [5.41, 5.74) is 1.33. The highest BCUT2D eigenvalue weighted by Gasteiger charge is 2.12. The molecule has 0 fully saturated rings. The third-order valence-corrected chi connectivity index (χ3v) is 3.05. The highest BCUT2D eigenvalue weighted by Crippen LogP contribution is 2.16. The number of aliphatic hydroxyl groups is 1. The Morgan fingerprint density at radius 2 is 1.90 bits per heavy atom. The molecular weight excluding hydrogens is 271 g/mol. The van der Waals surface area contributed by atoms with Crippen molar-refractivity contribution in [2.24, 2.45) is 0 Å². The summed E-state index contributed by atoms with van der Waals surface area (Å²) in [6.45, 7) is 0.114. The molecule has 0 aliphatic rings. The zero-order valence-electron chi connectivity index (χ0n) is 11.1. The van der Waals surface area contributed by atoms with Crippen LogP contribution in [0.25, 0.3) is 11.4 Å². The zero-order valence-corrected chi connectivity index (χ0v) is 11.1. The molecule has 0 aliphatic carbocycles. The van der Waals surface area contributed by atoms with Crippen LogP contribution in [0.4, 0.5) is 4.39 Å². The maximum Gasteiger partial charge on any atom is 0.204 e. The van der Waals surface area contributed by atoms with Crippen LogP contribution in [-0.4, -0.2) is 25.3 Å². The highest BCUT2D eigenvalue weighted by molar-refractivity contribution is 5.52. The summed E-state index contributed by atoms with van der Waals surface area (Å²) in [5, 5.41) is 22.1. The number of aliphatic hydroxyl groups excluding tert-OH is 1. The first-order valence-corrected chi connectivity index (χ1v) is 6.49. The van der Waals surface area contributed by atoms with Crippen LogP contribution in [0.3, 0.4) is 0 Å². The average molecular weight is 284 g/mol. The fraction of sp³-hybridized carbons (Fsp3) is 0.133. The van der Waals surface area contributed by atoms with E-state index >= 15 is 0 Å². The van der Waals surface area contributed by atoms with Gasteiger partial charge in [0.2, 0.25) is 5.82 Å². The van der Waals surface area contributed by atoms with Crippen LogP contribution >= 0.6 is 0 Å². The summed E-state index contributed by atoms with van der Waals surface area (Å²) in [6, 6.07) is 15.3. The lowest BCUT2D eigenvalue weighted by Gasteiger charge is -2.09. The topological polar surface area (TPSA) is 63.8 Å². The zero-order chi connectivity index (χ0) is 14.7. The number of aromatic nitrogens is 4. The van der Waals surface area contributed by atoms with Gasteiger partial charge in [-0.2, -0.15) is 4.80 Å². The molecule has 1 heterocycles. The van der Waals surface area contributed by atoms with E-state index in [1.54, 1.807) is 12.1 Å². The molecule has 2 aromatic carbocycles. The number of nitrogens with zero attached hydrogens (tertiary/aromatic N) is 4. The molecule has 3 aromatic rings. The van der Waals surface area contributed by atoms with Gasteiger partial charge in [-0.25, -0.2) is 4.39 Å². The smallest absolute Gasteiger partial charge is 0.204 e. The summed E-state index contributed by atoms with van der Waals surface area (Å²) < 4.78 is 13.1. The van der Waals surface area contributed by atoms with Crippen LogP contribution in [0.1, 0.15) is 11.7 Å². The van der Waals surface area contributed by atoms with Crippen molar-refractivity contribution in [2.45, 2.75) is 12.6 Å². The van der Waals surface area contributed by atoms with E-state index in [0.29, 0.717) is 11.4 Å². The van der Waals surface area contributed by atoms with E-state index in [2.05, 4.69) is 15.4 Å². The number of halogens is 1. The molecule has 1 N–H and O–H groups in total. The molecule has 0 saturated heterocycles. The fourth-order valence-corrected chi connectivity index (χ4v) is 2.00. The molecule has 0 bridgehead atoms. The first kappa shape index (κ1) is 13.4. The van der Waals surface area contributed by atoms with Gasteiger partial charge in [0.1, 0.15) is 11.9 Å². The van der Waals surface area contributed by atoms with Crippen LogP contribution in [0.15, 0.2) is 54.6 Å². The summed E-state index contributed by atoms with van der Waals surface area (Å²) in [4.78, 5) is 1.30. The maximum absolute atomic E-state index is 13.1. The molecule has 0 saturated carbocycles. The van der Waals surface area contributed by atoms with E-state index in [9.17, 15) is 9.50 Å². The Morgan fingerprint density at radius 3 is 2.67 bits per heavy atom. The molecule has 21 heavy (non-hydrogen) atoms. The molecular formula is C15H13FN4O. The van der Waals surface area contributed by atoms with Crippen molar-refractivity contribution in [1.82, 2.24) is 20.2 Å². The lowest BCUT2D eigenvalue weighted by molar-refractivity contribution is 0.144. The van der Waals surface area contributed by atoms with Crippen molar-refractivity contribution in [3.05, 3.63) is 66.0 Å². The Bertz CT molecular complexity index is 729. The van der Waals surface area contributed by atoms with Crippen molar-refractivity contribution in [3.63, 3.8) is 0 Å². The van der Waals surface area contributed by atoms with Crippen molar-refractivity contribution in [3.8, 4) is 11.4 Å². The standard InChI is InChI=1S/C15H13FN4O/c16-13-8-4-7-12(9-13)14(21)10-20-18-15(17-19-20)11-5-2-1-3-6-11/h1-9,14,21H,10H2. The van der Waals surface area contributed by atoms with Gasteiger partial charge >= 0.3 is 0 Å². The minimum atomic E-state index is -0.890. The number of rotatable bonds is 4. The number of hydrogen-bond acceptors (Lipinski definition) is 4. The van der Waals surface area contributed by atoms with Gasteiger partial charge in [-0.15, -0.1) is 10.2 Å².